The summed E-state index contributed by atoms with van der Waals surface area (Å²) in [7, 11) is 5.95. The first-order valence-electron chi connectivity index (χ1n) is 28.8. The Bertz CT molecular complexity index is 1270. The van der Waals surface area contributed by atoms with Gasteiger partial charge >= 0.3 is 17.9 Å². The summed E-state index contributed by atoms with van der Waals surface area (Å²) >= 11 is 0. The molecule has 0 saturated carbocycles. The molecule has 0 saturated heterocycles. The van der Waals surface area contributed by atoms with Gasteiger partial charge in [-0.2, -0.15) is 0 Å². The lowest BCUT2D eigenvalue weighted by Gasteiger charge is -2.25. The van der Waals surface area contributed by atoms with Gasteiger partial charge in [0.15, 0.2) is 6.10 Å². The van der Waals surface area contributed by atoms with Gasteiger partial charge in [0.2, 0.25) is 0 Å². The van der Waals surface area contributed by atoms with Crippen LogP contribution in [0.1, 0.15) is 258 Å². The van der Waals surface area contributed by atoms with Crippen LogP contribution in [0.25, 0.3) is 0 Å². The summed E-state index contributed by atoms with van der Waals surface area (Å²) in [6, 6.07) is 0. The second-order valence-electron chi connectivity index (χ2n) is 20.6. The number of carbonyl (C=O) groups is 3. The lowest BCUT2D eigenvalue weighted by Crippen LogP contribution is -2.40. The number of aliphatic carboxylic acids is 1. The minimum absolute atomic E-state index is 0.179. The summed E-state index contributed by atoms with van der Waals surface area (Å²) in [5.74, 6) is -2.01. The van der Waals surface area contributed by atoms with E-state index in [-0.39, 0.29) is 32.2 Å². The molecule has 0 aromatic heterocycles. The quantitative estimate of drug-likeness (QED) is 0.0211. The smallest absolute Gasteiger partial charge is 0.361 e. The molecule has 0 aromatic rings. The van der Waals surface area contributed by atoms with Crippen molar-refractivity contribution in [2.24, 2.45) is 0 Å². The number of hydrogen-bond donors (Lipinski definition) is 1. The molecular formula is C60H110NO8+. The van der Waals surface area contributed by atoms with E-state index in [2.05, 4.69) is 62.5 Å². The summed E-state index contributed by atoms with van der Waals surface area (Å²) in [4.78, 5) is 36.9. The molecule has 0 aromatic carbocycles. The Labute approximate surface area is 425 Å². The van der Waals surface area contributed by atoms with E-state index in [0.29, 0.717) is 17.4 Å². The number of hydrogen-bond acceptors (Lipinski definition) is 7. The van der Waals surface area contributed by atoms with E-state index in [0.717, 1.165) is 77.0 Å². The Balaban J connectivity index is 3.77. The van der Waals surface area contributed by atoms with Crippen LogP contribution in [0, 0.1) is 0 Å². The summed E-state index contributed by atoms with van der Waals surface area (Å²) < 4.78 is 22.6. The van der Waals surface area contributed by atoms with Crippen LogP contribution in [0.4, 0.5) is 0 Å². The van der Waals surface area contributed by atoms with E-state index in [1.165, 1.54) is 154 Å². The van der Waals surface area contributed by atoms with Crippen LogP contribution in [0.15, 0.2) is 48.6 Å². The van der Waals surface area contributed by atoms with E-state index in [9.17, 15) is 19.5 Å². The maximum absolute atomic E-state index is 12.8. The van der Waals surface area contributed by atoms with Crippen molar-refractivity contribution < 1.29 is 42.9 Å². The minimum Gasteiger partial charge on any atom is -0.477 e. The fraction of sp³-hybridized carbons (Fsp3) is 0.817. The highest BCUT2D eigenvalue weighted by Crippen LogP contribution is 2.17. The number of carbonyl (C=O) groups excluding carboxylic acids is 2. The van der Waals surface area contributed by atoms with Gasteiger partial charge in [0, 0.05) is 12.8 Å². The molecule has 1 N–H and O–H groups in total. The average Bonchev–Trinajstić information content (AvgIpc) is 3.31. The predicted molar refractivity (Wildman–Crippen MR) is 290 cm³/mol. The van der Waals surface area contributed by atoms with Crippen LogP contribution >= 0.6 is 0 Å². The average molecular weight is 974 g/mol. The zero-order valence-electron chi connectivity index (χ0n) is 45.7. The molecule has 0 spiro atoms. The van der Waals surface area contributed by atoms with Gasteiger partial charge in [-0.1, -0.05) is 242 Å². The zero-order chi connectivity index (χ0) is 50.6. The molecule has 402 valence electrons. The van der Waals surface area contributed by atoms with Gasteiger partial charge < -0.3 is 28.5 Å². The van der Waals surface area contributed by atoms with Gasteiger partial charge in [-0.3, -0.25) is 9.59 Å². The van der Waals surface area contributed by atoms with Crippen molar-refractivity contribution in [3.63, 3.8) is 0 Å². The van der Waals surface area contributed by atoms with Crippen molar-refractivity contribution in [3.8, 4) is 0 Å². The fourth-order valence-electron chi connectivity index (χ4n) is 8.18. The number of quaternary nitrogens is 1. The molecule has 9 nitrogen and oxygen atoms in total. The molecule has 0 aliphatic carbocycles. The van der Waals surface area contributed by atoms with Crippen LogP contribution in [0.5, 0.6) is 0 Å². The van der Waals surface area contributed by atoms with Crippen LogP contribution < -0.4 is 0 Å². The van der Waals surface area contributed by atoms with E-state index in [1.807, 2.05) is 21.1 Å². The number of unbranched alkanes of at least 4 members (excludes halogenated alkanes) is 30. The third kappa shape index (κ3) is 52.9. The van der Waals surface area contributed by atoms with Gasteiger partial charge in [-0.05, 0) is 51.4 Å². The van der Waals surface area contributed by atoms with E-state index in [4.69, 9.17) is 18.9 Å². The monoisotopic (exact) mass is 973 g/mol. The molecule has 2 unspecified atom stereocenters. The van der Waals surface area contributed by atoms with Crippen molar-refractivity contribution in [2.45, 2.75) is 270 Å². The lowest BCUT2D eigenvalue weighted by atomic mass is 10.0. The Morgan fingerprint density at radius 2 is 0.826 bits per heavy atom. The van der Waals surface area contributed by atoms with Gasteiger partial charge in [-0.25, -0.2) is 4.79 Å². The van der Waals surface area contributed by atoms with Crippen molar-refractivity contribution in [1.82, 2.24) is 0 Å². The summed E-state index contributed by atoms with van der Waals surface area (Å²) in [6.45, 7) is 4.68. The summed E-state index contributed by atoms with van der Waals surface area (Å²) in [5, 5.41) is 9.61. The summed E-state index contributed by atoms with van der Waals surface area (Å²) in [6.07, 6.45) is 61.4. The molecular weight excluding hydrogens is 863 g/mol. The topological polar surface area (TPSA) is 108 Å². The number of ether oxygens (including phenoxy) is 4. The molecule has 69 heavy (non-hydrogen) atoms. The molecule has 0 aliphatic rings. The number of likely N-dealkylation sites (N-methyl/N-ethyl adjacent to an activating group) is 1. The van der Waals surface area contributed by atoms with Crippen LogP contribution in [-0.2, 0) is 33.3 Å². The first kappa shape index (κ1) is 66.2. The highest BCUT2D eigenvalue weighted by Gasteiger charge is 2.25. The second-order valence-corrected chi connectivity index (χ2v) is 20.6. The normalized spacial score (nSPS) is 13.1. The molecule has 0 heterocycles. The first-order valence-corrected chi connectivity index (χ1v) is 28.8. The zero-order valence-corrected chi connectivity index (χ0v) is 45.7. The van der Waals surface area contributed by atoms with Crippen LogP contribution in [0.2, 0.25) is 0 Å². The van der Waals surface area contributed by atoms with Gasteiger partial charge in [0.1, 0.15) is 13.2 Å². The molecule has 0 amide bonds. The Kier molecular flexibility index (Phi) is 49.5. The minimum atomic E-state index is -1.50. The molecule has 0 aliphatic heterocycles. The number of carboxylic acids is 1. The largest absolute Gasteiger partial charge is 0.477 e. The Morgan fingerprint density at radius 3 is 1.23 bits per heavy atom. The van der Waals surface area contributed by atoms with Gasteiger partial charge in [-0.15, -0.1) is 0 Å². The molecule has 2 atom stereocenters. The maximum Gasteiger partial charge on any atom is 0.361 e. The van der Waals surface area contributed by atoms with Gasteiger partial charge in [0.25, 0.3) is 6.29 Å². The molecule has 0 bridgehead atoms. The van der Waals surface area contributed by atoms with Crippen molar-refractivity contribution in [3.05, 3.63) is 48.6 Å². The standard InChI is InChI=1S/C60H109NO8/c1-6-8-10-12-13-14-15-16-17-18-19-20-21-22-23-24-25-26-27-28-29-30-31-32-33-34-35-36-37-38-39-40-41-42-43-44-45-47-49-51-58(63)69-56(54-67-57(62)50-48-46-11-9-7-2)55-68-60(59(64)65)66-53-52-61(3,4)5/h8,10,13-14,16-17,19-20,56,60H,6-7,9,11-12,15,18,21-55H2,1-5H3/p+1/b10-8-,14-13-,17-16-,20-19-. The van der Waals surface area contributed by atoms with E-state index in [1.54, 1.807) is 0 Å². The lowest BCUT2D eigenvalue weighted by molar-refractivity contribution is -0.870. The van der Waals surface area contributed by atoms with Gasteiger partial charge in [0.05, 0.1) is 34.4 Å². The Hall–Kier alpha value is -2.75. The molecule has 0 rings (SSSR count). The number of esters is 2. The maximum atomic E-state index is 12.8. The fourth-order valence-corrected chi connectivity index (χ4v) is 8.18. The third-order valence-corrected chi connectivity index (χ3v) is 12.6. The number of allylic oxidation sites excluding steroid dienone is 8. The second kappa shape index (κ2) is 51.6. The number of nitrogens with zero attached hydrogens (tertiary/aromatic N) is 1. The molecule has 9 heteroatoms. The first-order chi connectivity index (χ1) is 33.6. The predicted octanol–water partition coefficient (Wildman–Crippen LogP) is 16.7. The van der Waals surface area contributed by atoms with Crippen LogP contribution in [-0.4, -0.2) is 87.4 Å². The molecule has 0 radical (unpaired) electrons. The van der Waals surface area contributed by atoms with E-state index < -0.39 is 24.3 Å². The highest BCUT2D eigenvalue weighted by molar-refractivity contribution is 5.71. The number of carboxylic acid groups (broad SMARTS) is 1. The number of rotatable bonds is 53. The highest BCUT2D eigenvalue weighted by atomic mass is 16.7. The van der Waals surface area contributed by atoms with E-state index >= 15 is 0 Å². The Morgan fingerprint density at radius 1 is 0.449 bits per heavy atom. The SMILES string of the molecule is CC/C=C\C/C=C\C/C=C\C/C=C\CCCCCCCCCCCCCCCCCCCCCCCCCCCCC(=O)OC(COC(=O)CCCCCCC)COC(OCC[N+](C)(C)C)C(=O)O. The van der Waals surface area contributed by atoms with Crippen molar-refractivity contribution >= 4 is 17.9 Å². The van der Waals surface area contributed by atoms with Crippen LogP contribution in [0.3, 0.4) is 0 Å². The molecule has 0 fully saturated rings. The van der Waals surface area contributed by atoms with Crippen molar-refractivity contribution in [2.75, 3.05) is 47.5 Å². The summed E-state index contributed by atoms with van der Waals surface area (Å²) in [5.41, 5.74) is 0. The van der Waals surface area contributed by atoms with Crippen molar-refractivity contribution in [1.29, 1.82) is 0 Å². The third-order valence-electron chi connectivity index (χ3n) is 12.6.